The summed E-state index contributed by atoms with van der Waals surface area (Å²) < 4.78 is 10.6. The van der Waals surface area contributed by atoms with Crippen molar-refractivity contribution >= 4 is 11.9 Å². The van der Waals surface area contributed by atoms with Gasteiger partial charge in [0, 0.05) is 0 Å². The molecule has 0 saturated heterocycles. The van der Waals surface area contributed by atoms with Gasteiger partial charge in [-0.3, -0.25) is 0 Å². The minimum absolute atomic E-state index is 0.0657. The number of rotatable bonds is 6. The maximum Gasteiger partial charge on any atom is 0.338 e. The van der Waals surface area contributed by atoms with Crippen LogP contribution in [0.25, 0.3) is 0 Å². The van der Waals surface area contributed by atoms with E-state index < -0.39 is 11.9 Å². The summed E-state index contributed by atoms with van der Waals surface area (Å²) in [5, 5.41) is 17.6. The van der Waals surface area contributed by atoms with E-state index in [1.165, 1.54) is 0 Å². The van der Waals surface area contributed by atoms with E-state index in [1.807, 2.05) is 12.1 Å². The second-order valence-corrected chi connectivity index (χ2v) is 6.35. The van der Waals surface area contributed by atoms with Crippen LogP contribution in [0, 0.1) is 22.7 Å². The van der Waals surface area contributed by atoms with Crippen LogP contribution in [-0.4, -0.2) is 11.9 Å². The highest BCUT2D eigenvalue weighted by atomic mass is 16.5. The van der Waals surface area contributed by atoms with Crippen LogP contribution < -0.4 is 0 Å². The van der Waals surface area contributed by atoms with Crippen LogP contribution in [0.2, 0.25) is 0 Å². The number of ether oxygens (including phenoxy) is 2. The van der Waals surface area contributed by atoms with E-state index in [0.29, 0.717) is 22.3 Å². The summed E-state index contributed by atoms with van der Waals surface area (Å²) in [7, 11) is 0. The minimum Gasteiger partial charge on any atom is -0.457 e. The molecule has 0 atom stereocenters. The molecule has 0 aliphatic heterocycles. The number of nitrogens with zero attached hydrogens (tertiary/aromatic N) is 2. The number of hydrogen-bond donors (Lipinski definition) is 0. The fourth-order valence-corrected chi connectivity index (χ4v) is 2.64. The van der Waals surface area contributed by atoms with Gasteiger partial charge in [-0.2, -0.15) is 10.5 Å². The van der Waals surface area contributed by atoms with E-state index in [-0.39, 0.29) is 13.2 Å². The van der Waals surface area contributed by atoms with Crippen molar-refractivity contribution in [1.82, 2.24) is 0 Å². The van der Waals surface area contributed by atoms with E-state index >= 15 is 0 Å². The summed E-state index contributed by atoms with van der Waals surface area (Å²) in [6.07, 6.45) is 0. The van der Waals surface area contributed by atoms with Gasteiger partial charge in [0.05, 0.1) is 34.4 Å². The Bertz CT molecular complexity index is 1050. The Morgan fingerprint density at radius 1 is 0.667 bits per heavy atom. The first-order chi connectivity index (χ1) is 14.6. The Hall–Kier alpha value is -4.42. The van der Waals surface area contributed by atoms with Crippen molar-refractivity contribution in [3.05, 3.63) is 106 Å². The molecule has 6 nitrogen and oxygen atoms in total. The normalized spacial score (nSPS) is 9.80. The summed E-state index contributed by atoms with van der Waals surface area (Å²) in [6.45, 7) is 0.131. The molecule has 3 aromatic carbocycles. The number of benzene rings is 3. The van der Waals surface area contributed by atoms with Gasteiger partial charge in [-0.1, -0.05) is 18.2 Å². The van der Waals surface area contributed by atoms with Gasteiger partial charge in [0.2, 0.25) is 0 Å². The Morgan fingerprint density at radius 3 is 1.43 bits per heavy atom. The highest BCUT2D eigenvalue weighted by Gasteiger charge is 2.10. The van der Waals surface area contributed by atoms with E-state index in [9.17, 15) is 9.59 Å². The lowest BCUT2D eigenvalue weighted by atomic mass is 10.1. The van der Waals surface area contributed by atoms with Crippen molar-refractivity contribution in [2.45, 2.75) is 13.2 Å². The van der Waals surface area contributed by atoms with Crippen LogP contribution >= 0.6 is 0 Å². The number of carbonyl (C=O) groups excluding carboxylic acids is 2. The van der Waals surface area contributed by atoms with Gasteiger partial charge in [-0.25, -0.2) is 9.59 Å². The van der Waals surface area contributed by atoms with E-state index in [0.717, 1.165) is 11.1 Å². The van der Waals surface area contributed by atoms with E-state index in [4.69, 9.17) is 20.0 Å². The molecule has 30 heavy (non-hydrogen) atoms. The topological polar surface area (TPSA) is 100 Å². The Balaban J connectivity index is 1.55. The molecule has 0 unspecified atom stereocenters. The fraction of sp³-hybridized carbons (Fsp3) is 0.0833. The molecule has 6 heteroatoms. The highest BCUT2D eigenvalue weighted by molar-refractivity contribution is 5.90. The Morgan fingerprint density at radius 2 is 1.07 bits per heavy atom. The molecule has 0 bridgehead atoms. The minimum atomic E-state index is -0.489. The predicted octanol–water partition coefficient (Wildman–Crippen LogP) is 4.14. The maximum atomic E-state index is 12.1. The molecule has 0 fully saturated rings. The van der Waals surface area contributed by atoms with Gasteiger partial charge in [-0.05, 0) is 65.7 Å². The quantitative estimate of drug-likeness (QED) is 0.581. The molecule has 0 amide bonds. The van der Waals surface area contributed by atoms with Crippen molar-refractivity contribution in [2.75, 3.05) is 0 Å². The lowest BCUT2D eigenvalue weighted by Gasteiger charge is -2.08. The molecular formula is C24H16N2O4. The fourth-order valence-electron chi connectivity index (χ4n) is 2.64. The molecule has 0 N–H and O–H groups in total. The van der Waals surface area contributed by atoms with E-state index in [2.05, 4.69) is 0 Å². The summed E-state index contributed by atoms with van der Waals surface area (Å²) >= 11 is 0. The van der Waals surface area contributed by atoms with Crippen molar-refractivity contribution in [2.24, 2.45) is 0 Å². The summed E-state index contributed by atoms with van der Waals surface area (Å²) in [4.78, 5) is 24.3. The second-order valence-electron chi connectivity index (χ2n) is 6.35. The summed E-state index contributed by atoms with van der Waals surface area (Å²) in [5.74, 6) is -0.978. The molecule has 0 aromatic heterocycles. The number of nitriles is 2. The molecule has 3 rings (SSSR count). The Kier molecular flexibility index (Phi) is 6.55. The summed E-state index contributed by atoms with van der Waals surface area (Å²) in [5.41, 5.74) is 3.17. The van der Waals surface area contributed by atoms with Gasteiger partial charge in [0.25, 0.3) is 0 Å². The first kappa shape index (κ1) is 20.3. The number of carbonyl (C=O) groups is 2. The predicted molar refractivity (Wildman–Crippen MR) is 107 cm³/mol. The van der Waals surface area contributed by atoms with E-state index in [1.54, 1.807) is 72.8 Å². The first-order valence-electron chi connectivity index (χ1n) is 9.01. The third-order valence-electron chi connectivity index (χ3n) is 4.23. The zero-order valence-electron chi connectivity index (χ0n) is 15.9. The largest absolute Gasteiger partial charge is 0.457 e. The summed E-state index contributed by atoms with van der Waals surface area (Å²) in [6, 6.07) is 23.6. The molecule has 0 saturated carbocycles. The SMILES string of the molecule is N#Cc1ccc(C(=O)OCc2cccc(COC(=O)c3ccc(C#N)cc3)c2)cc1. The Labute approximate surface area is 173 Å². The zero-order valence-corrected chi connectivity index (χ0v) is 15.9. The zero-order chi connectivity index (χ0) is 21.3. The lowest BCUT2D eigenvalue weighted by Crippen LogP contribution is -2.07. The average molecular weight is 396 g/mol. The standard InChI is InChI=1S/C24H16N2O4/c25-13-17-4-8-21(9-5-17)23(27)29-15-19-2-1-3-20(12-19)16-30-24(28)22-10-6-18(14-26)7-11-22/h1-12H,15-16H2. The van der Waals surface area contributed by atoms with Crippen LogP contribution in [0.4, 0.5) is 0 Å². The monoisotopic (exact) mass is 396 g/mol. The second kappa shape index (κ2) is 9.68. The van der Waals surface area contributed by atoms with Crippen LogP contribution in [0.1, 0.15) is 43.0 Å². The van der Waals surface area contributed by atoms with Crippen LogP contribution in [0.3, 0.4) is 0 Å². The first-order valence-corrected chi connectivity index (χ1v) is 9.01. The molecule has 0 aliphatic rings. The highest BCUT2D eigenvalue weighted by Crippen LogP contribution is 2.12. The molecule has 3 aromatic rings. The van der Waals surface area contributed by atoms with Gasteiger partial charge in [0.1, 0.15) is 13.2 Å². The van der Waals surface area contributed by atoms with Crippen LogP contribution in [0.5, 0.6) is 0 Å². The average Bonchev–Trinajstić information content (AvgIpc) is 2.81. The van der Waals surface area contributed by atoms with Crippen molar-refractivity contribution in [3.63, 3.8) is 0 Å². The van der Waals surface area contributed by atoms with Gasteiger partial charge in [-0.15, -0.1) is 0 Å². The smallest absolute Gasteiger partial charge is 0.338 e. The molecule has 146 valence electrons. The van der Waals surface area contributed by atoms with Gasteiger partial charge >= 0.3 is 11.9 Å². The lowest BCUT2D eigenvalue weighted by molar-refractivity contribution is 0.0471. The van der Waals surface area contributed by atoms with Crippen LogP contribution in [0.15, 0.2) is 72.8 Å². The number of esters is 2. The van der Waals surface area contributed by atoms with Crippen LogP contribution in [-0.2, 0) is 22.7 Å². The third kappa shape index (κ3) is 5.31. The van der Waals surface area contributed by atoms with Crippen molar-refractivity contribution in [1.29, 1.82) is 10.5 Å². The molecule has 0 heterocycles. The molecular weight excluding hydrogens is 380 g/mol. The molecule has 0 spiro atoms. The third-order valence-corrected chi connectivity index (χ3v) is 4.23. The van der Waals surface area contributed by atoms with Crippen molar-refractivity contribution in [3.8, 4) is 12.1 Å². The molecule has 0 aliphatic carbocycles. The van der Waals surface area contributed by atoms with Gasteiger partial charge < -0.3 is 9.47 Å². The maximum absolute atomic E-state index is 12.1. The van der Waals surface area contributed by atoms with Gasteiger partial charge in [0.15, 0.2) is 0 Å². The molecule has 0 radical (unpaired) electrons. The number of hydrogen-bond acceptors (Lipinski definition) is 6. The van der Waals surface area contributed by atoms with Crippen molar-refractivity contribution < 1.29 is 19.1 Å².